The molecule has 3 N–H and O–H groups in total. The molecule has 0 rings (SSSR count). The third-order valence-electron chi connectivity index (χ3n) is 2.89. The zero-order valence-electron chi connectivity index (χ0n) is 9.78. The summed E-state index contributed by atoms with van der Waals surface area (Å²) >= 11 is 0. The van der Waals surface area contributed by atoms with Gasteiger partial charge in [-0.1, -0.05) is 26.3 Å². The smallest absolute Gasteiger partial charge is 0.320 e. The van der Waals surface area contributed by atoms with Gasteiger partial charge in [-0.25, -0.2) is 0 Å². The summed E-state index contributed by atoms with van der Waals surface area (Å²) in [6, 6.07) is -0.721. The summed E-state index contributed by atoms with van der Waals surface area (Å²) in [5.41, 5.74) is 5.63. The molecule has 0 spiro atoms. The highest BCUT2D eigenvalue weighted by Crippen LogP contribution is 2.21. The summed E-state index contributed by atoms with van der Waals surface area (Å²) in [6.07, 6.45) is 5.66. The zero-order chi connectivity index (χ0) is 11.8. The Hall–Kier alpha value is -0.830. The lowest BCUT2D eigenvalue weighted by Crippen LogP contribution is -2.38. The molecule has 0 bridgehead atoms. The molecule has 0 aromatic rings. The molecule has 0 aromatic carbocycles. The summed E-state index contributed by atoms with van der Waals surface area (Å²) < 4.78 is 0. The number of hydrogen-bond donors (Lipinski definition) is 2. The highest BCUT2D eigenvalue weighted by atomic mass is 16.4. The van der Waals surface area contributed by atoms with E-state index < -0.39 is 12.0 Å². The molecular formula is C12H23NO2. The van der Waals surface area contributed by atoms with Crippen LogP contribution < -0.4 is 5.73 Å². The number of hydrogen-bond acceptors (Lipinski definition) is 2. The first-order valence-corrected chi connectivity index (χ1v) is 5.62. The molecule has 0 saturated carbocycles. The van der Waals surface area contributed by atoms with Crippen molar-refractivity contribution in [3.05, 3.63) is 12.7 Å². The average molecular weight is 213 g/mol. The van der Waals surface area contributed by atoms with Gasteiger partial charge in [0.2, 0.25) is 0 Å². The fourth-order valence-corrected chi connectivity index (χ4v) is 1.81. The lowest BCUT2D eigenvalue weighted by atomic mass is 9.86. The van der Waals surface area contributed by atoms with E-state index in [4.69, 9.17) is 10.8 Å². The molecule has 3 nitrogen and oxygen atoms in total. The molecule has 0 saturated heterocycles. The van der Waals surface area contributed by atoms with Crippen molar-refractivity contribution in [3.8, 4) is 0 Å². The van der Waals surface area contributed by atoms with E-state index >= 15 is 0 Å². The van der Waals surface area contributed by atoms with E-state index in [0.29, 0.717) is 5.92 Å². The number of aliphatic carboxylic acids is 1. The van der Waals surface area contributed by atoms with Crippen LogP contribution in [0, 0.1) is 11.8 Å². The highest BCUT2D eigenvalue weighted by Gasteiger charge is 2.23. The van der Waals surface area contributed by atoms with Gasteiger partial charge in [0.25, 0.3) is 0 Å². The molecule has 15 heavy (non-hydrogen) atoms. The van der Waals surface area contributed by atoms with Crippen molar-refractivity contribution in [1.29, 1.82) is 0 Å². The van der Waals surface area contributed by atoms with Gasteiger partial charge in [-0.15, -0.1) is 6.58 Å². The number of carboxylic acid groups (broad SMARTS) is 1. The minimum atomic E-state index is -0.891. The maximum Gasteiger partial charge on any atom is 0.320 e. The average Bonchev–Trinajstić information content (AvgIpc) is 2.21. The molecule has 3 unspecified atom stereocenters. The normalized spacial score (nSPS) is 16.7. The number of nitrogens with two attached hydrogens (primary N) is 1. The minimum Gasteiger partial charge on any atom is -0.480 e. The highest BCUT2D eigenvalue weighted by molar-refractivity contribution is 5.73. The molecule has 0 radical (unpaired) electrons. The molecule has 88 valence electrons. The fourth-order valence-electron chi connectivity index (χ4n) is 1.81. The molecule has 3 heteroatoms. The van der Waals surface area contributed by atoms with Crippen molar-refractivity contribution >= 4 is 5.97 Å². The fraction of sp³-hybridized carbons (Fsp3) is 0.750. The SMILES string of the molecule is C=CCCC(C)CC(CC)C(N)C(=O)O. The van der Waals surface area contributed by atoms with Gasteiger partial charge in [-0.2, -0.15) is 0 Å². The Bertz CT molecular complexity index is 204. The van der Waals surface area contributed by atoms with Crippen molar-refractivity contribution in [2.45, 2.75) is 45.6 Å². The molecule has 3 atom stereocenters. The molecule has 0 aliphatic heterocycles. The van der Waals surface area contributed by atoms with Gasteiger partial charge >= 0.3 is 5.97 Å². The van der Waals surface area contributed by atoms with E-state index in [1.165, 1.54) is 0 Å². The van der Waals surface area contributed by atoms with Crippen molar-refractivity contribution in [1.82, 2.24) is 0 Å². The lowest BCUT2D eigenvalue weighted by Gasteiger charge is -2.22. The van der Waals surface area contributed by atoms with Gasteiger partial charge in [0.15, 0.2) is 0 Å². The largest absolute Gasteiger partial charge is 0.480 e. The second-order valence-corrected chi connectivity index (χ2v) is 4.24. The van der Waals surface area contributed by atoms with E-state index in [1.807, 2.05) is 13.0 Å². The number of allylic oxidation sites excluding steroid dienone is 1. The Morgan fingerprint density at radius 2 is 2.20 bits per heavy atom. The van der Waals surface area contributed by atoms with Crippen molar-refractivity contribution in [2.75, 3.05) is 0 Å². The minimum absolute atomic E-state index is 0.0855. The second kappa shape index (κ2) is 7.46. The summed E-state index contributed by atoms with van der Waals surface area (Å²) in [5.74, 6) is -0.293. The molecule has 0 fully saturated rings. The lowest BCUT2D eigenvalue weighted by molar-refractivity contribution is -0.140. The Labute approximate surface area is 92.4 Å². The summed E-state index contributed by atoms with van der Waals surface area (Å²) in [6.45, 7) is 7.81. The van der Waals surface area contributed by atoms with Crippen molar-refractivity contribution < 1.29 is 9.90 Å². The van der Waals surface area contributed by atoms with Crippen LogP contribution in [0.1, 0.15) is 39.5 Å². The quantitative estimate of drug-likeness (QED) is 0.609. The summed E-state index contributed by atoms with van der Waals surface area (Å²) in [7, 11) is 0. The Morgan fingerprint density at radius 3 is 2.60 bits per heavy atom. The summed E-state index contributed by atoms with van der Waals surface area (Å²) in [5, 5.41) is 8.83. The molecule has 0 aromatic heterocycles. The predicted molar refractivity (Wildman–Crippen MR) is 62.6 cm³/mol. The standard InChI is InChI=1S/C12H23NO2/c1-4-6-7-9(3)8-10(5-2)11(13)12(14)15/h4,9-11H,1,5-8,13H2,2-3H3,(H,14,15). The monoisotopic (exact) mass is 213 g/mol. The van der Waals surface area contributed by atoms with Gasteiger partial charge in [0, 0.05) is 0 Å². The third-order valence-corrected chi connectivity index (χ3v) is 2.89. The zero-order valence-corrected chi connectivity index (χ0v) is 9.78. The Morgan fingerprint density at radius 1 is 1.60 bits per heavy atom. The molecule has 0 amide bonds. The van der Waals surface area contributed by atoms with E-state index in [1.54, 1.807) is 0 Å². The first-order valence-electron chi connectivity index (χ1n) is 5.62. The van der Waals surface area contributed by atoms with Crippen LogP contribution in [0.15, 0.2) is 12.7 Å². The maximum atomic E-state index is 10.8. The molecule has 0 aliphatic rings. The second-order valence-electron chi connectivity index (χ2n) is 4.24. The van der Waals surface area contributed by atoms with Crippen LogP contribution in [0.5, 0.6) is 0 Å². The third kappa shape index (κ3) is 5.57. The molecular weight excluding hydrogens is 190 g/mol. The van der Waals surface area contributed by atoms with Crippen LogP contribution in [-0.2, 0) is 4.79 Å². The van der Waals surface area contributed by atoms with Crippen LogP contribution >= 0.6 is 0 Å². The first-order chi connectivity index (χ1) is 7.02. The molecule has 0 aliphatic carbocycles. The summed E-state index contributed by atoms with van der Waals surface area (Å²) in [4.78, 5) is 10.8. The Kier molecular flexibility index (Phi) is 7.05. The number of rotatable bonds is 8. The predicted octanol–water partition coefficient (Wildman–Crippen LogP) is 2.42. The van der Waals surface area contributed by atoms with E-state index in [-0.39, 0.29) is 5.92 Å². The van der Waals surface area contributed by atoms with Gasteiger partial charge in [-0.3, -0.25) is 4.79 Å². The number of carbonyl (C=O) groups is 1. The van der Waals surface area contributed by atoms with E-state index in [2.05, 4.69) is 13.5 Å². The Balaban J connectivity index is 4.07. The van der Waals surface area contributed by atoms with Crippen molar-refractivity contribution in [2.24, 2.45) is 17.6 Å². The maximum absolute atomic E-state index is 10.8. The van der Waals surface area contributed by atoms with E-state index in [9.17, 15) is 4.79 Å². The van der Waals surface area contributed by atoms with Crippen LogP contribution in [0.2, 0.25) is 0 Å². The first kappa shape index (κ1) is 14.2. The van der Waals surface area contributed by atoms with E-state index in [0.717, 1.165) is 25.7 Å². The topological polar surface area (TPSA) is 63.3 Å². The van der Waals surface area contributed by atoms with Crippen molar-refractivity contribution in [3.63, 3.8) is 0 Å². The van der Waals surface area contributed by atoms with Gasteiger partial charge in [0.05, 0.1) is 0 Å². The van der Waals surface area contributed by atoms with Crippen LogP contribution in [-0.4, -0.2) is 17.1 Å². The van der Waals surface area contributed by atoms with Gasteiger partial charge in [0.1, 0.15) is 6.04 Å². The van der Waals surface area contributed by atoms with Gasteiger partial charge < -0.3 is 10.8 Å². The van der Waals surface area contributed by atoms with Crippen LogP contribution in [0.3, 0.4) is 0 Å². The molecule has 0 heterocycles. The van der Waals surface area contributed by atoms with Gasteiger partial charge in [-0.05, 0) is 31.1 Å². The number of carboxylic acids is 1. The van der Waals surface area contributed by atoms with Crippen LogP contribution in [0.4, 0.5) is 0 Å². The van der Waals surface area contributed by atoms with Crippen LogP contribution in [0.25, 0.3) is 0 Å².